The first-order chi connectivity index (χ1) is 19.4. The summed E-state index contributed by atoms with van der Waals surface area (Å²) < 4.78 is 15.7. The Labute approximate surface area is 231 Å². The number of imide groups is 1. The fraction of sp³-hybridized carbons (Fsp3) is 0.290. The van der Waals surface area contributed by atoms with Gasteiger partial charge < -0.3 is 14.7 Å². The summed E-state index contributed by atoms with van der Waals surface area (Å²) in [6.45, 7) is 0.827. The van der Waals surface area contributed by atoms with E-state index in [-0.39, 0.29) is 48.0 Å². The number of amides is 4. The molecule has 40 heavy (non-hydrogen) atoms. The van der Waals surface area contributed by atoms with Gasteiger partial charge in [-0.25, -0.2) is 4.39 Å². The van der Waals surface area contributed by atoms with Crippen molar-refractivity contribution < 1.29 is 23.6 Å². The van der Waals surface area contributed by atoms with Crippen LogP contribution >= 0.6 is 0 Å². The van der Waals surface area contributed by atoms with E-state index in [0.29, 0.717) is 25.9 Å². The van der Waals surface area contributed by atoms with Crippen LogP contribution in [0.5, 0.6) is 0 Å². The molecule has 9 heteroatoms. The third-order valence-corrected chi connectivity index (χ3v) is 8.07. The second kappa shape index (κ2) is 10.6. The van der Waals surface area contributed by atoms with Crippen molar-refractivity contribution in [2.24, 2.45) is 0 Å². The van der Waals surface area contributed by atoms with E-state index < -0.39 is 29.6 Å². The van der Waals surface area contributed by atoms with Crippen molar-refractivity contribution in [1.82, 2.24) is 15.1 Å². The van der Waals surface area contributed by atoms with Crippen LogP contribution < -0.4 is 10.2 Å². The second-order valence-corrected chi connectivity index (χ2v) is 10.4. The summed E-state index contributed by atoms with van der Waals surface area (Å²) in [5, 5.41) is 2.24. The lowest BCUT2D eigenvalue weighted by molar-refractivity contribution is -0.136. The predicted molar refractivity (Wildman–Crippen MR) is 146 cm³/mol. The van der Waals surface area contributed by atoms with Gasteiger partial charge in [-0.2, -0.15) is 0 Å². The van der Waals surface area contributed by atoms with E-state index in [0.717, 1.165) is 11.4 Å². The van der Waals surface area contributed by atoms with E-state index in [4.69, 9.17) is 0 Å². The number of benzene rings is 3. The molecule has 1 atom stereocenters. The van der Waals surface area contributed by atoms with Gasteiger partial charge in [0.1, 0.15) is 11.9 Å². The molecule has 3 heterocycles. The minimum atomic E-state index is -0.840. The average Bonchev–Trinajstić information content (AvgIpc) is 3.31. The highest BCUT2D eigenvalue weighted by Gasteiger charge is 2.41. The lowest BCUT2D eigenvalue weighted by atomic mass is 9.99. The van der Waals surface area contributed by atoms with Crippen molar-refractivity contribution in [1.29, 1.82) is 0 Å². The van der Waals surface area contributed by atoms with Crippen LogP contribution in [0.1, 0.15) is 52.0 Å². The van der Waals surface area contributed by atoms with Crippen LogP contribution in [-0.4, -0.2) is 58.6 Å². The van der Waals surface area contributed by atoms with Gasteiger partial charge in [0.15, 0.2) is 0 Å². The number of piperidine rings is 2. The molecule has 3 aliphatic heterocycles. The Kier molecular flexibility index (Phi) is 6.79. The van der Waals surface area contributed by atoms with Gasteiger partial charge in [-0.15, -0.1) is 0 Å². The van der Waals surface area contributed by atoms with Crippen LogP contribution in [0.15, 0.2) is 72.8 Å². The maximum Gasteiger partial charge on any atom is 0.256 e. The van der Waals surface area contributed by atoms with Crippen molar-refractivity contribution >= 4 is 35.0 Å². The van der Waals surface area contributed by atoms with E-state index in [1.54, 1.807) is 4.90 Å². The second-order valence-electron chi connectivity index (χ2n) is 10.4. The van der Waals surface area contributed by atoms with E-state index in [1.807, 2.05) is 36.4 Å². The third kappa shape index (κ3) is 4.61. The zero-order valence-electron chi connectivity index (χ0n) is 21.9. The minimum absolute atomic E-state index is 0.0712. The molecule has 0 aliphatic carbocycles. The van der Waals surface area contributed by atoms with Crippen molar-refractivity contribution in [3.63, 3.8) is 0 Å². The van der Waals surface area contributed by atoms with Crippen molar-refractivity contribution in [2.45, 2.75) is 44.3 Å². The van der Waals surface area contributed by atoms with Crippen molar-refractivity contribution in [3.8, 4) is 0 Å². The minimum Gasteiger partial charge on any atom is -0.338 e. The predicted octanol–water partition coefficient (Wildman–Crippen LogP) is 4.03. The summed E-state index contributed by atoms with van der Waals surface area (Å²) in [5.41, 5.74) is 2.36. The fourth-order valence-electron chi connectivity index (χ4n) is 6.01. The number of likely N-dealkylation sites (tertiary alicyclic amines) is 1. The van der Waals surface area contributed by atoms with E-state index >= 15 is 4.39 Å². The van der Waals surface area contributed by atoms with Gasteiger partial charge in [-0.1, -0.05) is 36.4 Å². The largest absolute Gasteiger partial charge is 0.338 e. The van der Waals surface area contributed by atoms with Gasteiger partial charge in [0.25, 0.3) is 11.8 Å². The molecule has 0 radical (unpaired) electrons. The summed E-state index contributed by atoms with van der Waals surface area (Å²) in [6.07, 6.45) is 1.73. The number of anilines is 2. The summed E-state index contributed by atoms with van der Waals surface area (Å²) in [4.78, 5) is 55.6. The molecule has 0 spiro atoms. The first kappa shape index (κ1) is 25.7. The summed E-state index contributed by atoms with van der Waals surface area (Å²) in [7, 11) is 0. The molecule has 3 aromatic carbocycles. The number of halogens is 1. The molecule has 204 valence electrons. The van der Waals surface area contributed by atoms with Crippen LogP contribution in [0.4, 0.5) is 15.8 Å². The van der Waals surface area contributed by atoms with Crippen molar-refractivity contribution in [2.75, 3.05) is 18.0 Å². The number of hydrogen-bond acceptors (Lipinski definition) is 5. The first-order valence-corrected chi connectivity index (χ1v) is 13.6. The van der Waals surface area contributed by atoms with Crippen LogP contribution in [0.2, 0.25) is 0 Å². The van der Waals surface area contributed by atoms with Crippen LogP contribution in [0, 0.1) is 5.82 Å². The lowest BCUT2D eigenvalue weighted by Gasteiger charge is -2.40. The number of rotatable bonds is 5. The highest BCUT2D eigenvalue weighted by molar-refractivity contribution is 6.06. The number of nitrogens with one attached hydrogen (secondary N) is 1. The number of nitrogens with zero attached hydrogens (tertiary/aromatic N) is 3. The van der Waals surface area contributed by atoms with Gasteiger partial charge in [-0.05, 0) is 55.7 Å². The molecule has 1 N–H and O–H groups in total. The van der Waals surface area contributed by atoms with Crippen LogP contribution in [-0.2, 0) is 16.1 Å². The van der Waals surface area contributed by atoms with Crippen molar-refractivity contribution in [3.05, 3.63) is 95.3 Å². The molecule has 0 saturated carbocycles. The Hall–Kier alpha value is -4.53. The highest BCUT2D eigenvalue weighted by Crippen LogP contribution is 2.34. The molecule has 8 nitrogen and oxygen atoms in total. The normalized spacial score (nSPS) is 19.4. The molecule has 2 fully saturated rings. The van der Waals surface area contributed by atoms with Gasteiger partial charge in [0.2, 0.25) is 11.8 Å². The molecule has 6 rings (SSSR count). The SMILES string of the molecule is O=C1CCC(N2Cc3c(ccc(C(=O)N4CCC(N(c5ccccc5)c5ccccc5)CC4)c3F)C2=O)C(=O)N1. The van der Waals surface area contributed by atoms with Gasteiger partial charge in [0.05, 0.1) is 12.1 Å². The number of fused-ring (bicyclic) bond motifs is 1. The van der Waals surface area contributed by atoms with Crippen LogP contribution in [0.25, 0.3) is 0 Å². The number of hydrogen-bond donors (Lipinski definition) is 1. The summed E-state index contributed by atoms with van der Waals surface area (Å²) in [5.74, 6) is -2.54. The molecule has 2 saturated heterocycles. The molecular weight excluding hydrogens is 511 g/mol. The summed E-state index contributed by atoms with van der Waals surface area (Å²) >= 11 is 0. The first-order valence-electron chi connectivity index (χ1n) is 13.6. The van der Waals surface area contributed by atoms with E-state index in [1.165, 1.54) is 17.0 Å². The quantitative estimate of drug-likeness (QED) is 0.494. The zero-order chi connectivity index (χ0) is 27.8. The van der Waals surface area contributed by atoms with Gasteiger partial charge in [-0.3, -0.25) is 24.5 Å². The monoisotopic (exact) mass is 540 g/mol. The molecule has 3 aromatic rings. The highest BCUT2D eigenvalue weighted by atomic mass is 19.1. The number of para-hydroxylation sites is 2. The fourth-order valence-corrected chi connectivity index (χ4v) is 6.01. The Morgan fingerprint density at radius 3 is 2.08 bits per heavy atom. The Balaban J connectivity index is 1.17. The molecular formula is C31H29FN4O4. The molecule has 0 aromatic heterocycles. The van der Waals surface area contributed by atoms with Gasteiger partial charge in [0, 0.05) is 48.1 Å². The Morgan fingerprint density at radius 2 is 1.48 bits per heavy atom. The molecule has 3 aliphatic rings. The Bertz CT molecular complexity index is 1430. The average molecular weight is 541 g/mol. The standard InChI is InChI=1S/C31H29FN4O4/c32-28-24(12-11-23-25(28)19-35(31(23)40)26-13-14-27(37)33-29(26)38)30(39)34-17-15-22(16-18-34)36(20-7-3-1-4-8-20)21-9-5-2-6-10-21/h1-12,22,26H,13-19H2,(H,33,37,38). The topological polar surface area (TPSA) is 90.0 Å². The number of carbonyl (C=O) groups is 4. The third-order valence-electron chi connectivity index (χ3n) is 8.07. The summed E-state index contributed by atoms with van der Waals surface area (Å²) in [6, 6.07) is 22.5. The van der Waals surface area contributed by atoms with E-state index in [2.05, 4.69) is 34.5 Å². The van der Waals surface area contributed by atoms with Crippen LogP contribution in [0.3, 0.4) is 0 Å². The molecule has 4 amide bonds. The zero-order valence-corrected chi connectivity index (χ0v) is 21.9. The maximum absolute atomic E-state index is 15.7. The van der Waals surface area contributed by atoms with Gasteiger partial charge >= 0.3 is 0 Å². The Morgan fingerprint density at radius 1 is 0.850 bits per heavy atom. The lowest BCUT2D eigenvalue weighted by Crippen LogP contribution is -2.52. The number of carbonyl (C=O) groups excluding carboxylic acids is 4. The maximum atomic E-state index is 15.7. The van der Waals surface area contributed by atoms with E-state index in [9.17, 15) is 19.2 Å². The molecule has 1 unspecified atom stereocenters. The molecule has 0 bridgehead atoms. The smallest absolute Gasteiger partial charge is 0.256 e.